The average molecular weight is 428 g/mol. The first kappa shape index (κ1) is 19.0. The van der Waals surface area contributed by atoms with Crippen LogP contribution in [0.2, 0.25) is 10.2 Å². The Morgan fingerprint density at radius 3 is 2.42 bits per heavy atom. The number of halogens is 5. The Morgan fingerprint density at radius 2 is 1.88 bits per heavy atom. The molecule has 1 N–H and O–H groups in total. The number of hydrogen-bond acceptors (Lipinski definition) is 4. The number of nitrogens with one attached hydrogen (secondary N) is 1. The Hall–Kier alpha value is -1.31. The van der Waals surface area contributed by atoms with Gasteiger partial charge in [0.15, 0.2) is 5.82 Å². The fourth-order valence-corrected chi connectivity index (χ4v) is 2.26. The second-order valence-corrected chi connectivity index (χ2v) is 7.39. The Balaban J connectivity index is 0.000000185. The van der Waals surface area contributed by atoms with Crippen LogP contribution in [0.3, 0.4) is 0 Å². The summed E-state index contributed by atoms with van der Waals surface area (Å²) in [4.78, 5) is 20.1. The Labute approximate surface area is 160 Å². The van der Waals surface area contributed by atoms with Crippen LogP contribution in [-0.4, -0.2) is 19.9 Å². The van der Waals surface area contributed by atoms with E-state index >= 15 is 0 Å². The van der Waals surface area contributed by atoms with Crippen molar-refractivity contribution >= 4 is 74.7 Å². The highest BCUT2D eigenvalue weighted by molar-refractivity contribution is 6.66. The molecule has 126 valence electrons. The monoisotopic (exact) mass is 426 g/mol. The molecule has 0 aliphatic rings. The first-order chi connectivity index (χ1) is 11.2. The summed E-state index contributed by atoms with van der Waals surface area (Å²) in [6, 6.07) is 7.98. The van der Waals surface area contributed by atoms with Crippen LogP contribution in [0.25, 0.3) is 11.0 Å². The molecule has 11 heteroatoms. The van der Waals surface area contributed by atoms with Gasteiger partial charge in [-0.25, -0.2) is 9.97 Å². The summed E-state index contributed by atoms with van der Waals surface area (Å²) < 4.78 is -1.54. The zero-order valence-electron chi connectivity index (χ0n) is 11.5. The third-order valence-corrected chi connectivity index (χ3v) is 3.71. The van der Waals surface area contributed by atoms with E-state index in [0.717, 1.165) is 11.0 Å². The zero-order valence-corrected chi connectivity index (χ0v) is 15.3. The van der Waals surface area contributed by atoms with Crippen molar-refractivity contribution in [3.05, 3.63) is 62.6 Å². The van der Waals surface area contributed by atoms with Gasteiger partial charge in [-0.05, 0) is 24.3 Å². The molecule has 0 aliphatic heterocycles. The van der Waals surface area contributed by atoms with Gasteiger partial charge in [0.2, 0.25) is 8.95 Å². The number of aromatic nitrogens is 3. The molecule has 2 aromatic heterocycles. The van der Waals surface area contributed by atoms with E-state index < -0.39 is 8.72 Å². The molecule has 6 nitrogen and oxygen atoms in total. The molecule has 0 unspecified atom stereocenters. The largest absolute Gasteiger partial charge is 0.338 e. The van der Waals surface area contributed by atoms with Crippen molar-refractivity contribution in [1.29, 1.82) is 0 Å². The van der Waals surface area contributed by atoms with E-state index in [0.29, 0.717) is 10.8 Å². The minimum absolute atomic E-state index is 0.0764. The minimum Gasteiger partial charge on any atom is -0.338 e. The van der Waals surface area contributed by atoms with Crippen LogP contribution in [0, 0.1) is 10.1 Å². The number of nitrogens with zero attached hydrogens (tertiary/aromatic N) is 3. The van der Waals surface area contributed by atoms with Crippen LogP contribution in [0.5, 0.6) is 0 Å². The van der Waals surface area contributed by atoms with Crippen molar-refractivity contribution < 1.29 is 4.92 Å². The lowest BCUT2D eigenvalue weighted by Crippen LogP contribution is -2.01. The highest BCUT2D eigenvalue weighted by atomic mass is 35.6. The van der Waals surface area contributed by atoms with E-state index in [1.165, 1.54) is 18.3 Å². The standard InChI is InChI=1S/C8H4Cl4N2.C5H3ClN2O2/c9-4-1-2-5-6(3-4)14-7(13-5)8(10,11)12;6-5-4(8(9)10)2-1-3-7-5/h1-3H,(H,13,14);1-3H. The predicted molar refractivity (Wildman–Crippen MR) is 96.2 cm³/mol. The average Bonchev–Trinajstić information content (AvgIpc) is 2.91. The van der Waals surface area contributed by atoms with Crippen molar-refractivity contribution in [1.82, 2.24) is 15.0 Å². The van der Waals surface area contributed by atoms with Gasteiger partial charge in [-0.3, -0.25) is 10.1 Å². The molecule has 1 aromatic carbocycles. The number of hydrogen-bond donors (Lipinski definition) is 1. The van der Waals surface area contributed by atoms with Crippen molar-refractivity contribution in [2.45, 2.75) is 3.79 Å². The lowest BCUT2D eigenvalue weighted by atomic mass is 10.3. The van der Waals surface area contributed by atoms with Gasteiger partial charge in [-0.2, -0.15) is 0 Å². The maximum atomic E-state index is 10.1. The smallest absolute Gasteiger partial charge is 0.306 e. The Bertz CT molecular complexity index is 878. The zero-order chi connectivity index (χ0) is 17.9. The van der Waals surface area contributed by atoms with Gasteiger partial charge in [0, 0.05) is 17.3 Å². The summed E-state index contributed by atoms with van der Waals surface area (Å²) >= 11 is 28.2. The maximum absolute atomic E-state index is 10.1. The van der Waals surface area contributed by atoms with E-state index in [9.17, 15) is 10.1 Å². The van der Waals surface area contributed by atoms with Crippen LogP contribution < -0.4 is 0 Å². The number of aromatic amines is 1. The maximum Gasteiger partial charge on any atom is 0.306 e. The molecule has 2 heterocycles. The number of fused-ring (bicyclic) bond motifs is 1. The molecule has 3 rings (SSSR count). The molecule has 24 heavy (non-hydrogen) atoms. The summed E-state index contributed by atoms with van der Waals surface area (Å²) in [6.07, 6.45) is 1.40. The van der Waals surface area contributed by atoms with Gasteiger partial charge in [0.1, 0.15) is 0 Å². The quantitative estimate of drug-likeness (QED) is 0.234. The SMILES string of the molecule is Clc1ccc2nc(C(Cl)(Cl)Cl)[nH]c2c1.O=[N+]([O-])c1cccnc1Cl. The normalized spacial score (nSPS) is 11.0. The minimum atomic E-state index is -1.54. The van der Waals surface area contributed by atoms with Crippen molar-refractivity contribution in [2.24, 2.45) is 0 Å². The van der Waals surface area contributed by atoms with Crippen molar-refractivity contribution in [3.63, 3.8) is 0 Å². The molecule has 0 atom stereocenters. The van der Waals surface area contributed by atoms with Crippen LogP contribution in [-0.2, 0) is 3.79 Å². The molecule has 0 bridgehead atoms. The topological polar surface area (TPSA) is 84.7 Å². The van der Waals surface area contributed by atoms with E-state index in [2.05, 4.69) is 15.0 Å². The summed E-state index contributed by atoms with van der Waals surface area (Å²) in [5, 5.41) is 10.6. The van der Waals surface area contributed by atoms with Gasteiger partial charge in [-0.15, -0.1) is 0 Å². The van der Waals surface area contributed by atoms with Crippen molar-refractivity contribution in [2.75, 3.05) is 0 Å². The third kappa shape index (κ3) is 4.84. The Kier molecular flexibility index (Phi) is 6.11. The van der Waals surface area contributed by atoms with E-state index in [1.54, 1.807) is 18.2 Å². The molecule has 0 spiro atoms. The number of H-pyrrole nitrogens is 1. The number of rotatable bonds is 1. The van der Waals surface area contributed by atoms with Gasteiger partial charge in [0.05, 0.1) is 16.0 Å². The first-order valence-electron chi connectivity index (χ1n) is 6.16. The number of alkyl halides is 3. The molecule has 0 amide bonds. The first-order valence-corrected chi connectivity index (χ1v) is 8.05. The van der Waals surface area contributed by atoms with Gasteiger partial charge >= 0.3 is 5.69 Å². The molecule has 0 radical (unpaired) electrons. The van der Waals surface area contributed by atoms with Gasteiger partial charge < -0.3 is 4.98 Å². The number of nitro groups is 1. The second kappa shape index (κ2) is 7.72. The van der Waals surface area contributed by atoms with Crippen molar-refractivity contribution in [3.8, 4) is 0 Å². The lowest BCUT2D eigenvalue weighted by Gasteiger charge is -2.04. The third-order valence-electron chi connectivity index (χ3n) is 2.65. The van der Waals surface area contributed by atoms with Crippen LogP contribution in [0.1, 0.15) is 5.82 Å². The fraction of sp³-hybridized carbons (Fsp3) is 0.0769. The van der Waals surface area contributed by atoms with E-state index in [1.807, 2.05) is 0 Å². The summed E-state index contributed by atoms with van der Waals surface area (Å²) in [5.74, 6) is 0.291. The van der Waals surface area contributed by atoms with Crippen LogP contribution in [0.15, 0.2) is 36.5 Å². The molecule has 0 saturated heterocycles. The number of imidazole rings is 1. The highest BCUT2D eigenvalue weighted by Crippen LogP contribution is 2.37. The summed E-state index contributed by atoms with van der Waals surface area (Å²) in [7, 11) is 0. The molecule has 0 fully saturated rings. The summed E-state index contributed by atoms with van der Waals surface area (Å²) in [6.45, 7) is 0. The lowest BCUT2D eigenvalue weighted by molar-refractivity contribution is -0.385. The number of benzene rings is 1. The van der Waals surface area contributed by atoms with Crippen LogP contribution in [0.4, 0.5) is 5.69 Å². The Morgan fingerprint density at radius 1 is 1.17 bits per heavy atom. The molecular weight excluding hydrogens is 421 g/mol. The van der Waals surface area contributed by atoms with Crippen LogP contribution >= 0.6 is 58.0 Å². The number of pyridine rings is 1. The molecule has 0 saturated carbocycles. The second-order valence-electron chi connectivity index (χ2n) is 4.32. The summed E-state index contributed by atoms with van der Waals surface area (Å²) in [5.41, 5.74) is 1.30. The molecular formula is C13H7Cl5N4O2. The van der Waals surface area contributed by atoms with Gasteiger partial charge in [0.25, 0.3) is 0 Å². The van der Waals surface area contributed by atoms with Gasteiger partial charge in [-0.1, -0.05) is 58.0 Å². The molecule has 0 aliphatic carbocycles. The highest BCUT2D eigenvalue weighted by Gasteiger charge is 2.26. The fourth-order valence-electron chi connectivity index (χ4n) is 1.63. The molecule has 3 aromatic rings. The predicted octanol–water partition coefficient (Wildman–Crippen LogP) is 5.69. The van der Waals surface area contributed by atoms with E-state index in [-0.39, 0.29) is 10.8 Å². The van der Waals surface area contributed by atoms with E-state index in [4.69, 9.17) is 58.0 Å².